The van der Waals surface area contributed by atoms with Crippen molar-refractivity contribution in [2.24, 2.45) is 7.05 Å². The molecule has 0 unspecified atom stereocenters. The molecular weight excluding hydrogens is 166 g/mol. The first-order valence-electron chi connectivity index (χ1n) is 4.64. The molecule has 2 rings (SSSR count). The third-order valence-corrected chi connectivity index (χ3v) is 2.44. The van der Waals surface area contributed by atoms with Crippen molar-refractivity contribution in [2.45, 2.75) is 24.9 Å². The molecule has 0 aliphatic heterocycles. The fourth-order valence-corrected chi connectivity index (χ4v) is 1.33. The fraction of sp³-hybridized carbons (Fsp3) is 0.667. The number of hydrogen-bond donors (Lipinski definition) is 2. The Kier molecular flexibility index (Phi) is 2.00. The van der Waals surface area contributed by atoms with Crippen LogP contribution >= 0.6 is 0 Å². The molecule has 1 saturated carbocycles. The molecule has 0 aromatic carbocycles. The molecule has 0 saturated heterocycles. The molecule has 72 valence electrons. The third-order valence-electron chi connectivity index (χ3n) is 2.44. The summed E-state index contributed by atoms with van der Waals surface area (Å²) in [6.45, 7) is 0.799. The van der Waals surface area contributed by atoms with Crippen LogP contribution in [0.15, 0.2) is 12.3 Å². The Bertz CT molecular complexity index is 291. The van der Waals surface area contributed by atoms with Crippen LogP contribution < -0.4 is 5.32 Å². The van der Waals surface area contributed by atoms with Crippen LogP contribution in [0.5, 0.6) is 0 Å². The number of nitrogens with one attached hydrogen (secondary N) is 1. The summed E-state index contributed by atoms with van der Waals surface area (Å²) in [7, 11) is 1.89. The van der Waals surface area contributed by atoms with Gasteiger partial charge in [0.05, 0.1) is 5.60 Å². The number of aromatic nitrogens is 2. The second-order valence-corrected chi connectivity index (χ2v) is 3.78. The van der Waals surface area contributed by atoms with E-state index in [2.05, 4.69) is 10.4 Å². The van der Waals surface area contributed by atoms with E-state index in [0.29, 0.717) is 0 Å². The predicted molar refractivity (Wildman–Crippen MR) is 50.5 cm³/mol. The minimum atomic E-state index is -0.359. The maximum Gasteiger partial charge on any atom is 0.147 e. The minimum absolute atomic E-state index is 0.359. The average Bonchev–Trinajstić information content (AvgIpc) is 2.65. The van der Waals surface area contributed by atoms with Crippen molar-refractivity contribution >= 4 is 5.82 Å². The topological polar surface area (TPSA) is 50.1 Å². The van der Waals surface area contributed by atoms with Crippen molar-refractivity contribution in [1.82, 2.24) is 9.78 Å². The number of aryl methyl sites for hydroxylation is 1. The lowest BCUT2D eigenvalue weighted by molar-refractivity contribution is 0.144. The molecular formula is C9H15N3O. The van der Waals surface area contributed by atoms with Crippen molar-refractivity contribution in [3.8, 4) is 0 Å². The van der Waals surface area contributed by atoms with Gasteiger partial charge in [0.15, 0.2) is 0 Å². The van der Waals surface area contributed by atoms with Crippen molar-refractivity contribution in [2.75, 3.05) is 11.9 Å². The molecule has 1 aromatic rings. The molecule has 0 amide bonds. The van der Waals surface area contributed by atoms with Gasteiger partial charge in [-0.05, 0) is 19.3 Å². The van der Waals surface area contributed by atoms with Gasteiger partial charge in [-0.1, -0.05) is 0 Å². The third kappa shape index (κ3) is 2.21. The summed E-state index contributed by atoms with van der Waals surface area (Å²) >= 11 is 0. The van der Waals surface area contributed by atoms with E-state index in [0.717, 1.165) is 31.6 Å². The van der Waals surface area contributed by atoms with E-state index >= 15 is 0 Å². The van der Waals surface area contributed by atoms with Crippen molar-refractivity contribution in [3.05, 3.63) is 12.3 Å². The van der Waals surface area contributed by atoms with E-state index in [1.165, 1.54) is 0 Å². The van der Waals surface area contributed by atoms with E-state index in [9.17, 15) is 5.11 Å². The van der Waals surface area contributed by atoms with Crippen LogP contribution in [0.3, 0.4) is 0 Å². The summed E-state index contributed by atoms with van der Waals surface area (Å²) in [4.78, 5) is 0. The molecule has 2 N–H and O–H groups in total. The monoisotopic (exact) mass is 181 g/mol. The van der Waals surface area contributed by atoms with Crippen LogP contribution in [0, 0.1) is 0 Å². The van der Waals surface area contributed by atoms with Gasteiger partial charge in [-0.15, -0.1) is 0 Å². The van der Waals surface area contributed by atoms with E-state index < -0.39 is 0 Å². The van der Waals surface area contributed by atoms with Gasteiger partial charge in [0, 0.05) is 25.9 Å². The minimum Gasteiger partial charge on any atom is -0.390 e. The van der Waals surface area contributed by atoms with Crippen LogP contribution in [0.4, 0.5) is 5.82 Å². The fourth-order valence-electron chi connectivity index (χ4n) is 1.33. The predicted octanol–water partition coefficient (Wildman–Crippen LogP) is 0.747. The summed E-state index contributed by atoms with van der Waals surface area (Å²) in [6, 6.07) is 1.93. The molecule has 1 aliphatic carbocycles. The van der Waals surface area contributed by atoms with Crippen molar-refractivity contribution < 1.29 is 5.11 Å². The van der Waals surface area contributed by atoms with Crippen LogP contribution in [-0.2, 0) is 7.05 Å². The largest absolute Gasteiger partial charge is 0.390 e. The number of anilines is 1. The standard InChI is InChI=1S/C9H15N3O/c1-12-7-2-8(11-12)10-6-5-9(13)3-4-9/h2,7,13H,3-6H2,1H3,(H,10,11). The highest BCUT2D eigenvalue weighted by Gasteiger charge is 2.39. The Morgan fingerprint density at radius 2 is 2.46 bits per heavy atom. The maximum atomic E-state index is 9.55. The van der Waals surface area contributed by atoms with Crippen LogP contribution in [-0.4, -0.2) is 27.0 Å². The first-order valence-corrected chi connectivity index (χ1v) is 4.64. The smallest absolute Gasteiger partial charge is 0.147 e. The van der Waals surface area contributed by atoms with Gasteiger partial charge in [0.25, 0.3) is 0 Å². The molecule has 1 fully saturated rings. The molecule has 1 heterocycles. The van der Waals surface area contributed by atoms with E-state index in [4.69, 9.17) is 0 Å². The van der Waals surface area contributed by atoms with Crippen LogP contribution in [0.25, 0.3) is 0 Å². The molecule has 13 heavy (non-hydrogen) atoms. The summed E-state index contributed by atoms with van der Waals surface area (Å²) in [6.07, 6.45) is 4.63. The summed E-state index contributed by atoms with van der Waals surface area (Å²) in [5, 5.41) is 16.9. The first kappa shape index (κ1) is 8.56. The Labute approximate surface area is 77.6 Å². The number of nitrogens with zero attached hydrogens (tertiary/aromatic N) is 2. The van der Waals surface area contributed by atoms with E-state index in [1.807, 2.05) is 19.3 Å². The zero-order valence-corrected chi connectivity index (χ0v) is 7.82. The van der Waals surface area contributed by atoms with E-state index in [-0.39, 0.29) is 5.60 Å². The number of hydrogen-bond acceptors (Lipinski definition) is 3. The van der Waals surface area contributed by atoms with Gasteiger partial charge >= 0.3 is 0 Å². The summed E-state index contributed by atoms with van der Waals surface area (Å²) in [5.74, 6) is 0.881. The van der Waals surface area contributed by atoms with Crippen LogP contribution in [0.1, 0.15) is 19.3 Å². The Morgan fingerprint density at radius 3 is 3.00 bits per heavy atom. The molecule has 0 radical (unpaired) electrons. The summed E-state index contributed by atoms with van der Waals surface area (Å²) < 4.78 is 1.76. The van der Waals surface area contributed by atoms with E-state index in [1.54, 1.807) is 4.68 Å². The van der Waals surface area contributed by atoms with Gasteiger partial charge in [0.2, 0.25) is 0 Å². The Balaban J connectivity index is 1.73. The highest BCUT2D eigenvalue weighted by atomic mass is 16.3. The molecule has 0 spiro atoms. The second-order valence-electron chi connectivity index (χ2n) is 3.78. The summed E-state index contributed by atoms with van der Waals surface area (Å²) in [5.41, 5.74) is -0.359. The quantitative estimate of drug-likeness (QED) is 0.720. The highest BCUT2D eigenvalue weighted by molar-refractivity contribution is 5.31. The molecule has 4 nitrogen and oxygen atoms in total. The van der Waals surface area contributed by atoms with Gasteiger partial charge in [0.1, 0.15) is 5.82 Å². The molecule has 1 aliphatic rings. The normalized spacial score (nSPS) is 18.6. The second kappa shape index (κ2) is 3.03. The molecule has 1 aromatic heterocycles. The molecule has 0 atom stereocenters. The lowest BCUT2D eigenvalue weighted by Gasteiger charge is -2.07. The number of rotatable bonds is 4. The first-order chi connectivity index (χ1) is 6.18. The average molecular weight is 181 g/mol. The lowest BCUT2D eigenvalue weighted by Crippen LogP contribution is -2.14. The Morgan fingerprint density at radius 1 is 1.69 bits per heavy atom. The Hall–Kier alpha value is -1.03. The van der Waals surface area contributed by atoms with Gasteiger partial charge in [-0.25, -0.2) is 0 Å². The molecule has 0 bridgehead atoms. The van der Waals surface area contributed by atoms with Crippen molar-refractivity contribution in [1.29, 1.82) is 0 Å². The zero-order chi connectivity index (χ0) is 9.31. The maximum absolute atomic E-state index is 9.55. The highest BCUT2D eigenvalue weighted by Crippen LogP contribution is 2.37. The van der Waals surface area contributed by atoms with Gasteiger partial charge in [-0.3, -0.25) is 4.68 Å². The molecule has 4 heteroatoms. The zero-order valence-electron chi connectivity index (χ0n) is 7.82. The van der Waals surface area contributed by atoms with Gasteiger partial charge in [-0.2, -0.15) is 5.10 Å². The van der Waals surface area contributed by atoms with Gasteiger partial charge < -0.3 is 10.4 Å². The van der Waals surface area contributed by atoms with Crippen LogP contribution in [0.2, 0.25) is 0 Å². The lowest BCUT2D eigenvalue weighted by atomic mass is 10.2. The van der Waals surface area contributed by atoms with Crippen molar-refractivity contribution in [3.63, 3.8) is 0 Å². The number of aliphatic hydroxyl groups is 1. The SMILES string of the molecule is Cn1ccc(NCCC2(O)CC2)n1.